The van der Waals surface area contributed by atoms with Crippen LogP contribution in [0.5, 0.6) is 0 Å². The van der Waals surface area contributed by atoms with Crippen LogP contribution in [0.15, 0.2) is 12.3 Å². The van der Waals surface area contributed by atoms with Crippen molar-refractivity contribution in [3.63, 3.8) is 0 Å². The Balaban J connectivity index is 2.73. The Bertz CT molecular complexity index is 725. The van der Waals surface area contributed by atoms with Gasteiger partial charge in [-0.2, -0.15) is 5.10 Å². The largest absolute Gasteiger partial charge is 0.478 e. The summed E-state index contributed by atoms with van der Waals surface area (Å²) in [7, 11) is 0. The maximum absolute atomic E-state index is 13.1. The highest BCUT2D eigenvalue weighted by molar-refractivity contribution is 5.91. The fraction of sp³-hybridized carbons (Fsp3) is 0.182. The van der Waals surface area contributed by atoms with E-state index < -0.39 is 22.3 Å². The average Bonchev–Trinajstić information content (AvgIpc) is 2.64. The van der Waals surface area contributed by atoms with Gasteiger partial charge in [-0.15, -0.1) is 0 Å². The number of carbonyl (C=O) groups is 1. The van der Waals surface area contributed by atoms with E-state index in [0.717, 1.165) is 16.9 Å². The van der Waals surface area contributed by atoms with Crippen LogP contribution in [0.1, 0.15) is 21.7 Å². The number of nitro groups is 1. The topological polar surface area (TPSA) is 111 Å². The third-order valence-electron chi connectivity index (χ3n) is 2.70. The van der Waals surface area contributed by atoms with Crippen LogP contribution in [0.3, 0.4) is 0 Å². The SMILES string of the molecule is Cc1nn(-c2ncc(F)cc2C(=O)O)c(C)c1[N+](=O)[O-]. The van der Waals surface area contributed by atoms with Crippen molar-refractivity contribution in [2.45, 2.75) is 13.8 Å². The van der Waals surface area contributed by atoms with E-state index in [1.54, 1.807) is 0 Å². The third-order valence-corrected chi connectivity index (χ3v) is 2.70. The fourth-order valence-electron chi connectivity index (χ4n) is 1.86. The van der Waals surface area contributed by atoms with Crippen LogP contribution >= 0.6 is 0 Å². The summed E-state index contributed by atoms with van der Waals surface area (Å²) in [6.07, 6.45) is 0.823. The summed E-state index contributed by atoms with van der Waals surface area (Å²) in [6.45, 7) is 2.83. The van der Waals surface area contributed by atoms with Crippen molar-refractivity contribution >= 4 is 11.7 Å². The van der Waals surface area contributed by atoms with Crippen LogP contribution in [0.4, 0.5) is 10.1 Å². The second kappa shape index (κ2) is 4.68. The lowest BCUT2D eigenvalue weighted by Gasteiger charge is -2.06. The van der Waals surface area contributed by atoms with Crippen LogP contribution in [0.25, 0.3) is 5.82 Å². The number of aromatic carboxylic acids is 1. The normalized spacial score (nSPS) is 10.6. The first kappa shape index (κ1) is 13.6. The summed E-state index contributed by atoms with van der Waals surface area (Å²) in [5.74, 6) is -2.39. The van der Waals surface area contributed by atoms with Gasteiger partial charge in [0.1, 0.15) is 22.8 Å². The Morgan fingerprint density at radius 2 is 2.15 bits per heavy atom. The first-order chi connectivity index (χ1) is 9.32. The van der Waals surface area contributed by atoms with E-state index in [0.29, 0.717) is 0 Å². The zero-order chi connectivity index (χ0) is 15.0. The molecule has 1 N–H and O–H groups in total. The lowest BCUT2D eigenvalue weighted by molar-refractivity contribution is -0.386. The minimum Gasteiger partial charge on any atom is -0.478 e. The quantitative estimate of drug-likeness (QED) is 0.675. The van der Waals surface area contributed by atoms with Crippen LogP contribution < -0.4 is 0 Å². The molecule has 0 unspecified atom stereocenters. The molecule has 2 aromatic heterocycles. The van der Waals surface area contributed by atoms with Crippen molar-refractivity contribution < 1.29 is 19.2 Å². The highest BCUT2D eigenvalue weighted by atomic mass is 19.1. The molecule has 0 aliphatic carbocycles. The Morgan fingerprint density at radius 3 is 2.65 bits per heavy atom. The van der Waals surface area contributed by atoms with Gasteiger partial charge in [0.15, 0.2) is 5.82 Å². The lowest BCUT2D eigenvalue weighted by Crippen LogP contribution is -2.11. The standard InChI is InChI=1S/C11H9FN4O4/c1-5-9(16(19)20)6(2)15(14-5)10-8(11(17)18)3-7(12)4-13-10/h3-4H,1-2H3,(H,17,18). The predicted molar refractivity (Wildman–Crippen MR) is 64.4 cm³/mol. The molecule has 0 spiro atoms. The number of pyridine rings is 1. The summed E-state index contributed by atoms with van der Waals surface area (Å²) in [5, 5.41) is 23.9. The lowest BCUT2D eigenvalue weighted by atomic mass is 10.2. The van der Waals surface area contributed by atoms with Crippen molar-refractivity contribution in [2.75, 3.05) is 0 Å². The van der Waals surface area contributed by atoms with E-state index in [4.69, 9.17) is 5.11 Å². The number of rotatable bonds is 3. The Morgan fingerprint density at radius 1 is 1.50 bits per heavy atom. The number of halogens is 1. The molecule has 0 atom stereocenters. The fourth-order valence-corrected chi connectivity index (χ4v) is 1.86. The molecule has 0 aliphatic heterocycles. The van der Waals surface area contributed by atoms with Crippen molar-refractivity contribution in [1.29, 1.82) is 0 Å². The van der Waals surface area contributed by atoms with E-state index in [9.17, 15) is 19.3 Å². The maximum Gasteiger partial charge on any atom is 0.339 e. The molecular formula is C11H9FN4O4. The number of carboxylic acid groups (broad SMARTS) is 1. The first-order valence-electron chi connectivity index (χ1n) is 5.42. The van der Waals surface area contributed by atoms with Crippen molar-refractivity contribution in [3.05, 3.63) is 45.1 Å². The average molecular weight is 280 g/mol. The van der Waals surface area contributed by atoms with E-state index >= 15 is 0 Å². The predicted octanol–water partition coefficient (Wildman–Crippen LogP) is 1.63. The third kappa shape index (κ3) is 2.09. The smallest absolute Gasteiger partial charge is 0.339 e. The zero-order valence-electron chi connectivity index (χ0n) is 10.5. The van der Waals surface area contributed by atoms with E-state index in [-0.39, 0.29) is 22.9 Å². The van der Waals surface area contributed by atoms with Gasteiger partial charge in [0, 0.05) is 0 Å². The summed E-state index contributed by atoms with van der Waals surface area (Å²) < 4.78 is 14.1. The highest BCUT2D eigenvalue weighted by Gasteiger charge is 2.25. The molecule has 2 rings (SSSR count). The first-order valence-corrected chi connectivity index (χ1v) is 5.42. The number of carboxylic acids is 1. The zero-order valence-corrected chi connectivity index (χ0v) is 10.5. The van der Waals surface area contributed by atoms with Gasteiger partial charge in [-0.1, -0.05) is 0 Å². The van der Waals surface area contributed by atoms with Crippen LogP contribution in [0, 0.1) is 29.8 Å². The molecule has 0 aromatic carbocycles. The highest BCUT2D eigenvalue weighted by Crippen LogP contribution is 2.25. The maximum atomic E-state index is 13.1. The molecule has 0 aliphatic rings. The summed E-state index contributed by atoms with van der Waals surface area (Å²) in [5.41, 5.74) is -0.415. The molecule has 0 radical (unpaired) electrons. The number of nitrogens with zero attached hydrogens (tertiary/aromatic N) is 4. The van der Waals surface area contributed by atoms with E-state index in [1.807, 2.05) is 0 Å². The van der Waals surface area contributed by atoms with Gasteiger partial charge in [0.25, 0.3) is 0 Å². The monoisotopic (exact) mass is 280 g/mol. The minimum atomic E-state index is -1.40. The van der Waals surface area contributed by atoms with Crippen LogP contribution in [0.2, 0.25) is 0 Å². The number of hydrogen-bond donors (Lipinski definition) is 1. The summed E-state index contributed by atoms with van der Waals surface area (Å²) in [6, 6.07) is 0.785. The Labute approximate surface area is 111 Å². The molecule has 2 aromatic rings. The van der Waals surface area contributed by atoms with Crippen LogP contribution in [-0.2, 0) is 0 Å². The molecule has 0 bridgehead atoms. The molecule has 0 saturated heterocycles. The van der Waals surface area contributed by atoms with Gasteiger partial charge in [-0.25, -0.2) is 18.9 Å². The minimum absolute atomic E-state index is 0.120. The molecule has 104 valence electrons. The van der Waals surface area contributed by atoms with Crippen molar-refractivity contribution in [2.24, 2.45) is 0 Å². The Hall–Kier alpha value is -2.84. The second-order valence-corrected chi connectivity index (χ2v) is 4.02. The second-order valence-electron chi connectivity index (χ2n) is 4.02. The summed E-state index contributed by atoms with van der Waals surface area (Å²) >= 11 is 0. The molecule has 0 saturated carbocycles. The number of hydrogen-bond acceptors (Lipinski definition) is 5. The molecule has 0 fully saturated rings. The molecule has 20 heavy (non-hydrogen) atoms. The van der Waals surface area contributed by atoms with Gasteiger partial charge < -0.3 is 5.11 Å². The van der Waals surface area contributed by atoms with Gasteiger partial charge in [-0.3, -0.25) is 10.1 Å². The van der Waals surface area contributed by atoms with E-state index in [1.165, 1.54) is 13.8 Å². The Kier molecular flexibility index (Phi) is 3.18. The van der Waals surface area contributed by atoms with Gasteiger partial charge >= 0.3 is 11.7 Å². The number of aryl methyl sites for hydroxylation is 1. The number of aromatic nitrogens is 3. The molecule has 0 amide bonds. The molecule has 2 heterocycles. The van der Waals surface area contributed by atoms with Gasteiger partial charge in [0.2, 0.25) is 0 Å². The van der Waals surface area contributed by atoms with Crippen LogP contribution in [-0.4, -0.2) is 30.8 Å². The molecule has 9 heteroatoms. The van der Waals surface area contributed by atoms with Crippen molar-refractivity contribution in [1.82, 2.24) is 14.8 Å². The summed E-state index contributed by atoms with van der Waals surface area (Å²) in [4.78, 5) is 25.1. The van der Waals surface area contributed by atoms with Gasteiger partial charge in [0.05, 0.1) is 11.1 Å². The van der Waals surface area contributed by atoms with E-state index in [2.05, 4.69) is 10.1 Å². The molecule has 8 nitrogen and oxygen atoms in total. The van der Waals surface area contributed by atoms with Gasteiger partial charge in [-0.05, 0) is 19.9 Å². The van der Waals surface area contributed by atoms with Crippen molar-refractivity contribution in [3.8, 4) is 5.82 Å². The molecular weight excluding hydrogens is 271 g/mol.